The number of benzene rings is 1. The molecule has 0 bridgehead atoms. The first kappa shape index (κ1) is 18.5. The fourth-order valence-electron chi connectivity index (χ4n) is 3.33. The van der Waals surface area contributed by atoms with E-state index in [1.54, 1.807) is 0 Å². The maximum atomic E-state index is 4.76. The molecule has 3 nitrogen and oxygen atoms in total. The Hall–Kier alpha value is -2.29. The van der Waals surface area contributed by atoms with E-state index in [-0.39, 0.29) is 0 Å². The van der Waals surface area contributed by atoms with Gasteiger partial charge in [0.05, 0.1) is 5.69 Å². The van der Waals surface area contributed by atoms with Gasteiger partial charge in [0.25, 0.3) is 0 Å². The van der Waals surface area contributed by atoms with Crippen LogP contribution >= 0.6 is 0 Å². The molecule has 0 saturated carbocycles. The highest BCUT2D eigenvalue weighted by atomic mass is 15.0. The summed E-state index contributed by atoms with van der Waals surface area (Å²) in [5.74, 6) is 0. The number of pyridine rings is 1. The topological polar surface area (TPSA) is 29.3 Å². The van der Waals surface area contributed by atoms with Crippen LogP contribution in [0.5, 0.6) is 0 Å². The van der Waals surface area contributed by atoms with Crippen molar-refractivity contribution in [1.82, 2.24) is 9.38 Å². The molecule has 3 rings (SSSR count). The third kappa shape index (κ3) is 5.35. The SMILES string of the molecule is CCCCCCCCCCNc1ccn2cc(-c3ccccc3)nc2c1. The molecule has 0 atom stereocenters. The summed E-state index contributed by atoms with van der Waals surface area (Å²) < 4.78 is 2.09. The van der Waals surface area contributed by atoms with E-state index in [4.69, 9.17) is 4.98 Å². The summed E-state index contributed by atoms with van der Waals surface area (Å²) in [5, 5.41) is 3.54. The van der Waals surface area contributed by atoms with Crippen LogP contribution in [0, 0.1) is 0 Å². The monoisotopic (exact) mass is 349 g/mol. The van der Waals surface area contributed by atoms with Gasteiger partial charge in [-0.05, 0) is 12.5 Å². The fraction of sp³-hybridized carbons (Fsp3) is 0.435. The zero-order chi connectivity index (χ0) is 18.0. The standard InChI is InChI=1S/C23H31N3/c1-2-3-4-5-6-7-8-12-16-24-21-15-17-26-19-22(25-23(26)18-21)20-13-10-9-11-14-20/h9-11,13-15,17-19,24H,2-8,12,16H2,1H3. The number of nitrogens with zero attached hydrogens (tertiary/aromatic N) is 2. The van der Waals surface area contributed by atoms with E-state index in [1.807, 2.05) is 6.07 Å². The lowest BCUT2D eigenvalue weighted by molar-refractivity contribution is 0.581. The van der Waals surface area contributed by atoms with Crippen LogP contribution < -0.4 is 5.32 Å². The van der Waals surface area contributed by atoms with Gasteiger partial charge in [-0.25, -0.2) is 4.98 Å². The minimum absolute atomic E-state index is 0.991. The summed E-state index contributed by atoms with van der Waals surface area (Å²) in [5.41, 5.74) is 4.32. The number of anilines is 1. The third-order valence-electron chi connectivity index (χ3n) is 4.89. The van der Waals surface area contributed by atoms with Gasteiger partial charge in [0.2, 0.25) is 0 Å². The molecule has 3 heteroatoms. The minimum atomic E-state index is 0.991. The quantitative estimate of drug-likeness (QED) is 0.397. The normalized spacial score (nSPS) is 11.1. The van der Waals surface area contributed by atoms with E-state index in [1.165, 1.54) is 51.4 Å². The molecule has 26 heavy (non-hydrogen) atoms. The van der Waals surface area contributed by atoms with Crippen molar-refractivity contribution in [1.29, 1.82) is 0 Å². The maximum Gasteiger partial charge on any atom is 0.139 e. The Bertz CT molecular complexity index is 777. The number of unbranched alkanes of at least 4 members (excludes halogenated alkanes) is 7. The lowest BCUT2D eigenvalue weighted by atomic mass is 10.1. The van der Waals surface area contributed by atoms with E-state index >= 15 is 0 Å². The smallest absolute Gasteiger partial charge is 0.139 e. The zero-order valence-electron chi connectivity index (χ0n) is 16.0. The molecule has 0 aliphatic rings. The Morgan fingerprint density at radius 1 is 0.885 bits per heavy atom. The third-order valence-corrected chi connectivity index (χ3v) is 4.89. The van der Waals surface area contributed by atoms with E-state index in [9.17, 15) is 0 Å². The molecule has 3 aromatic rings. The highest BCUT2D eigenvalue weighted by Gasteiger charge is 2.04. The van der Waals surface area contributed by atoms with Crippen molar-refractivity contribution in [2.75, 3.05) is 11.9 Å². The van der Waals surface area contributed by atoms with Crippen molar-refractivity contribution in [3.05, 3.63) is 54.9 Å². The molecule has 2 heterocycles. The molecule has 0 aliphatic carbocycles. The van der Waals surface area contributed by atoms with Gasteiger partial charge in [-0.1, -0.05) is 82.2 Å². The van der Waals surface area contributed by atoms with Crippen molar-refractivity contribution < 1.29 is 0 Å². The van der Waals surface area contributed by atoms with Crippen LogP contribution in [0.4, 0.5) is 5.69 Å². The molecule has 2 aromatic heterocycles. The highest BCUT2D eigenvalue weighted by molar-refractivity contribution is 5.64. The van der Waals surface area contributed by atoms with Crippen molar-refractivity contribution >= 4 is 11.3 Å². The molecule has 0 aliphatic heterocycles. The van der Waals surface area contributed by atoms with Gasteiger partial charge in [-0.15, -0.1) is 0 Å². The summed E-state index contributed by atoms with van der Waals surface area (Å²) in [7, 11) is 0. The van der Waals surface area contributed by atoms with Crippen molar-refractivity contribution in [2.24, 2.45) is 0 Å². The van der Waals surface area contributed by atoms with Crippen LogP contribution in [-0.4, -0.2) is 15.9 Å². The Morgan fingerprint density at radius 2 is 1.62 bits per heavy atom. The van der Waals surface area contributed by atoms with Gasteiger partial charge >= 0.3 is 0 Å². The number of imidazole rings is 1. The number of nitrogens with one attached hydrogen (secondary N) is 1. The van der Waals surface area contributed by atoms with Crippen molar-refractivity contribution in [2.45, 2.75) is 58.3 Å². The molecule has 0 spiro atoms. The summed E-state index contributed by atoms with van der Waals surface area (Å²) >= 11 is 0. The van der Waals surface area contributed by atoms with E-state index in [2.05, 4.69) is 65.4 Å². The molecular weight excluding hydrogens is 318 g/mol. The summed E-state index contributed by atoms with van der Waals surface area (Å²) in [4.78, 5) is 4.76. The van der Waals surface area contributed by atoms with Crippen LogP contribution in [0.3, 0.4) is 0 Å². The van der Waals surface area contributed by atoms with Crippen LogP contribution in [0.2, 0.25) is 0 Å². The Kier molecular flexibility index (Phi) is 7.12. The average Bonchev–Trinajstić information content (AvgIpc) is 3.11. The van der Waals surface area contributed by atoms with E-state index in [0.29, 0.717) is 0 Å². The highest BCUT2D eigenvalue weighted by Crippen LogP contribution is 2.20. The lowest BCUT2D eigenvalue weighted by Crippen LogP contribution is -2.01. The molecule has 1 N–H and O–H groups in total. The van der Waals surface area contributed by atoms with Gasteiger partial charge in [0, 0.05) is 36.3 Å². The molecule has 0 unspecified atom stereocenters. The second-order valence-electron chi connectivity index (χ2n) is 7.07. The predicted octanol–water partition coefficient (Wildman–Crippen LogP) is 6.55. The van der Waals surface area contributed by atoms with Crippen molar-refractivity contribution in [3.63, 3.8) is 0 Å². The molecule has 0 fully saturated rings. The van der Waals surface area contributed by atoms with E-state index < -0.39 is 0 Å². The zero-order valence-corrected chi connectivity index (χ0v) is 16.0. The number of hydrogen-bond acceptors (Lipinski definition) is 2. The second-order valence-corrected chi connectivity index (χ2v) is 7.07. The Labute approximate surface area is 157 Å². The van der Waals surface area contributed by atoms with Gasteiger partial charge in [-0.2, -0.15) is 0 Å². The van der Waals surface area contributed by atoms with Crippen LogP contribution in [0.1, 0.15) is 58.3 Å². The molecule has 0 radical (unpaired) electrons. The maximum absolute atomic E-state index is 4.76. The predicted molar refractivity (Wildman–Crippen MR) is 112 cm³/mol. The summed E-state index contributed by atoms with van der Waals surface area (Å²) in [6.07, 6.45) is 15.0. The second kappa shape index (κ2) is 10.0. The lowest BCUT2D eigenvalue weighted by Gasteiger charge is -2.06. The van der Waals surface area contributed by atoms with Gasteiger partial charge in [0.15, 0.2) is 0 Å². The number of hydrogen-bond donors (Lipinski definition) is 1. The van der Waals surface area contributed by atoms with Crippen LogP contribution in [0.15, 0.2) is 54.9 Å². The first-order valence-corrected chi connectivity index (χ1v) is 10.1. The van der Waals surface area contributed by atoms with E-state index in [0.717, 1.165) is 29.1 Å². The number of rotatable bonds is 11. The van der Waals surface area contributed by atoms with Gasteiger partial charge < -0.3 is 9.72 Å². The first-order valence-electron chi connectivity index (χ1n) is 10.1. The molecule has 1 aromatic carbocycles. The molecule has 0 saturated heterocycles. The minimum Gasteiger partial charge on any atom is -0.385 e. The molecule has 138 valence electrons. The van der Waals surface area contributed by atoms with Crippen molar-refractivity contribution in [3.8, 4) is 11.3 Å². The summed E-state index contributed by atoms with van der Waals surface area (Å²) in [6, 6.07) is 14.6. The van der Waals surface area contributed by atoms with Gasteiger partial charge in [0.1, 0.15) is 5.65 Å². The first-order chi connectivity index (χ1) is 12.9. The summed E-state index contributed by atoms with van der Waals surface area (Å²) in [6.45, 7) is 3.31. The molecule has 0 amide bonds. The number of aromatic nitrogens is 2. The largest absolute Gasteiger partial charge is 0.385 e. The average molecular weight is 350 g/mol. The van der Waals surface area contributed by atoms with Crippen LogP contribution in [0.25, 0.3) is 16.9 Å². The fourth-order valence-corrected chi connectivity index (χ4v) is 3.33. The number of fused-ring (bicyclic) bond motifs is 1. The van der Waals surface area contributed by atoms with Gasteiger partial charge in [-0.3, -0.25) is 0 Å². The molecular formula is C23H31N3. The Morgan fingerprint density at radius 3 is 2.38 bits per heavy atom. The van der Waals surface area contributed by atoms with Crippen LogP contribution in [-0.2, 0) is 0 Å². The Balaban J connectivity index is 1.44.